The van der Waals surface area contributed by atoms with Crippen LogP contribution in [-0.4, -0.2) is 24.4 Å². The number of hydrogen-bond acceptors (Lipinski definition) is 4. The van der Waals surface area contributed by atoms with E-state index in [9.17, 15) is 22.8 Å². The number of halogens is 4. The van der Waals surface area contributed by atoms with E-state index in [4.69, 9.17) is 16.3 Å². The molecule has 1 fully saturated rings. The van der Waals surface area contributed by atoms with Crippen molar-refractivity contribution in [3.05, 3.63) is 45.4 Å². The van der Waals surface area contributed by atoms with Gasteiger partial charge in [-0.25, -0.2) is 18.0 Å². The first-order valence-corrected chi connectivity index (χ1v) is 7.67. The van der Waals surface area contributed by atoms with Gasteiger partial charge in [-0.1, -0.05) is 11.6 Å². The number of benzene rings is 1. The Hall–Kier alpha value is -2.02. The van der Waals surface area contributed by atoms with Gasteiger partial charge in [-0.05, 0) is 26.7 Å². The largest absolute Gasteiger partial charge is 0.462 e. The third-order valence-corrected chi connectivity index (χ3v) is 3.84. The molecule has 0 unspecified atom stereocenters. The lowest BCUT2D eigenvalue weighted by Gasteiger charge is -2.12. The van der Waals surface area contributed by atoms with Crippen LogP contribution in [0.25, 0.3) is 0 Å². The summed E-state index contributed by atoms with van der Waals surface area (Å²) >= 11 is 5.39. The highest BCUT2D eigenvalue weighted by Crippen LogP contribution is 2.30. The van der Waals surface area contributed by atoms with Crippen LogP contribution in [0.15, 0.2) is 11.8 Å². The summed E-state index contributed by atoms with van der Waals surface area (Å²) < 4.78 is 46.2. The Morgan fingerprint density at radius 3 is 2.42 bits per heavy atom. The second-order valence-electron chi connectivity index (χ2n) is 5.30. The molecule has 2 rings (SSSR count). The van der Waals surface area contributed by atoms with Crippen molar-refractivity contribution in [2.45, 2.75) is 32.7 Å². The Bertz CT molecular complexity index is 701. The summed E-state index contributed by atoms with van der Waals surface area (Å²) in [5.41, 5.74) is -1.87. The van der Waals surface area contributed by atoms with Gasteiger partial charge in [0.25, 0.3) is 0 Å². The Labute approximate surface area is 141 Å². The molecular weight excluding hydrogens is 347 g/mol. The van der Waals surface area contributed by atoms with Crippen LogP contribution in [0.4, 0.5) is 13.2 Å². The van der Waals surface area contributed by atoms with Gasteiger partial charge in [0, 0.05) is 17.8 Å². The molecule has 0 aliphatic heterocycles. The molecule has 4 nitrogen and oxygen atoms in total. The molecular formula is C16H15ClF3NO3. The van der Waals surface area contributed by atoms with E-state index in [0.717, 1.165) is 26.0 Å². The van der Waals surface area contributed by atoms with Crippen molar-refractivity contribution in [3.63, 3.8) is 0 Å². The van der Waals surface area contributed by atoms with Crippen molar-refractivity contribution in [2.24, 2.45) is 0 Å². The maximum Gasteiger partial charge on any atom is 0.343 e. The first kappa shape index (κ1) is 18.3. The molecule has 8 heteroatoms. The standard InChI is InChI=1S/C16H15ClF3NO3/c1-3-24-16(23)9(6-21-8-4-5-8)15(22)10-7(2)12(18)14(20)11(17)13(10)19/h6,8,21H,3-5H2,1-2H3/b9-6-. The average molecular weight is 362 g/mol. The second kappa shape index (κ2) is 7.25. The van der Waals surface area contributed by atoms with Crippen LogP contribution in [0, 0.1) is 24.4 Å². The van der Waals surface area contributed by atoms with Crippen molar-refractivity contribution in [1.29, 1.82) is 0 Å². The molecule has 0 saturated heterocycles. The molecule has 24 heavy (non-hydrogen) atoms. The molecule has 1 aliphatic carbocycles. The fraction of sp³-hybridized carbons (Fsp3) is 0.375. The fourth-order valence-electron chi connectivity index (χ4n) is 2.02. The molecule has 0 amide bonds. The van der Waals surface area contributed by atoms with Crippen molar-refractivity contribution in [1.82, 2.24) is 5.32 Å². The summed E-state index contributed by atoms with van der Waals surface area (Å²) in [4.78, 5) is 24.5. The van der Waals surface area contributed by atoms with Gasteiger partial charge in [0.15, 0.2) is 17.5 Å². The minimum Gasteiger partial charge on any atom is -0.462 e. The van der Waals surface area contributed by atoms with Gasteiger partial charge >= 0.3 is 5.97 Å². The summed E-state index contributed by atoms with van der Waals surface area (Å²) in [7, 11) is 0. The van der Waals surface area contributed by atoms with E-state index in [-0.39, 0.29) is 12.6 Å². The number of Topliss-reactive ketones (excluding diaryl/α,β-unsaturated/α-hetero) is 1. The van der Waals surface area contributed by atoms with Gasteiger partial charge in [0.1, 0.15) is 10.6 Å². The second-order valence-corrected chi connectivity index (χ2v) is 5.68. The van der Waals surface area contributed by atoms with E-state index in [2.05, 4.69) is 5.32 Å². The zero-order valence-corrected chi connectivity index (χ0v) is 13.8. The number of ketones is 1. The zero-order valence-electron chi connectivity index (χ0n) is 13.0. The minimum atomic E-state index is -1.58. The number of carbonyl (C=O) groups excluding carboxylic acids is 2. The number of rotatable bonds is 6. The van der Waals surface area contributed by atoms with Gasteiger partial charge in [-0.3, -0.25) is 4.79 Å². The van der Waals surface area contributed by atoms with E-state index in [1.165, 1.54) is 6.92 Å². The van der Waals surface area contributed by atoms with Crippen molar-refractivity contribution in [3.8, 4) is 0 Å². The predicted octanol–water partition coefficient (Wildman–Crippen LogP) is 3.45. The van der Waals surface area contributed by atoms with E-state index in [1.807, 2.05) is 0 Å². The van der Waals surface area contributed by atoms with E-state index in [0.29, 0.717) is 0 Å². The molecule has 0 radical (unpaired) electrons. The van der Waals surface area contributed by atoms with E-state index >= 15 is 0 Å². The number of hydrogen-bond donors (Lipinski definition) is 1. The fourth-order valence-corrected chi connectivity index (χ4v) is 2.20. The van der Waals surface area contributed by atoms with Crippen molar-refractivity contribution < 1.29 is 27.5 Å². The normalized spacial score (nSPS) is 14.5. The summed E-state index contributed by atoms with van der Waals surface area (Å²) in [6.45, 7) is 2.56. The van der Waals surface area contributed by atoms with Gasteiger partial charge < -0.3 is 10.1 Å². The average Bonchev–Trinajstić information content (AvgIpc) is 3.36. The molecule has 0 bridgehead atoms. The van der Waals surface area contributed by atoms with Crippen LogP contribution in [0.3, 0.4) is 0 Å². The van der Waals surface area contributed by atoms with Crippen molar-refractivity contribution in [2.75, 3.05) is 6.61 Å². The van der Waals surface area contributed by atoms with Crippen LogP contribution < -0.4 is 5.32 Å². The molecule has 1 aromatic rings. The van der Waals surface area contributed by atoms with Crippen LogP contribution >= 0.6 is 11.6 Å². The number of carbonyl (C=O) groups is 2. The van der Waals surface area contributed by atoms with Crippen molar-refractivity contribution >= 4 is 23.4 Å². The van der Waals surface area contributed by atoms with Crippen LogP contribution in [0.2, 0.25) is 5.02 Å². The van der Waals surface area contributed by atoms with Crippen LogP contribution in [0.5, 0.6) is 0 Å². The topological polar surface area (TPSA) is 55.4 Å². The lowest BCUT2D eigenvalue weighted by Crippen LogP contribution is -2.22. The Morgan fingerprint density at radius 2 is 1.88 bits per heavy atom. The molecule has 0 spiro atoms. The third-order valence-electron chi connectivity index (χ3n) is 3.51. The summed E-state index contributed by atoms with van der Waals surface area (Å²) in [6.07, 6.45) is 2.85. The lowest BCUT2D eigenvalue weighted by atomic mass is 9.98. The highest BCUT2D eigenvalue weighted by atomic mass is 35.5. The van der Waals surface area contributed by atoms with Crippen LogP contribution in [-0.2, 0) is 9.53 Å². The first-order chi connectivity index (χ1) is 11.3. The SMILES string of the molecule is CCOC(=O)/C(=C\NC1CC1)C(=O)c1c(C)c(F)c(F)c(Cl)c1F. The lowest BCUT2D eigenvalue weighted by molar-refractivity contribution is -0.138. The van der Waals surface area contributed by atoms with Gasteiger partial charge in [-0.2, -0.15) is 0 Å². The number of nitrogens with one attached hydrogen (secondary N) is 1. The van der Waals surface area contributed by atoms with Gasteiger partial charge in [-0.15, -0.1) is 0 Å². The number of esters is 1. The predicted molar refractivity (Wildman–Crippen MR) is 81.3 cm³/mol. The Kier molecular flexibility index (Phi) is 5.54. The summed E-state index contributed by atoms with van der Waals surface area (Å²) in [5, 5.41) is 1.68. The molecule has 0 aromatic heterocycles. The summed E-state index contributed by atoms with van der Waals surface area (Å²) in [5.74, 6) is -6.56. The van der Waals surface area contributed by atoms with E-state index in [1.54, 1.807) is 0 Å². The molecule has 1 aliphatic rings. The molecule has 1 aromatic carbocycles. The maximum atomic E-state index is 14.2. The minimum absolute atomic E-state index is 0.00706. The highest BCUT2D eigenvalue weighted by Gasteiger charge is 2.31. The molecule has 1 N–H and O–H groups in total. The molecule has 130 valence electrons. The Balaban J connectivity index is 2.50. The van der Waals surface area contributed by atoms with Gasteiger partial charge in [0.05, 0.1) is 12.2 Å². The monoisotopic (exact) mass is 361 g/mol. The molecule has 0 atom stereocenters. The first-order valence-electron chi connectivity index (χ1n) is 7.30. The number of ether oxygens (including phenoxy) is 1. The smallest absolute Gasteiger partial charge is 0.343 e. The third kappa shape index (κ3) is 3.56. The quantitative estimate of drug-likeness (QED) is 0.160. The maximum absolute atomic E-state index is 14.2. The highest BCUT2D eigenvalue weighted by molar-refractivity contribution is 6.32. The molecule has 0 heterocycles. The molecule has 1 saturated carbocycles. The summed E-state index contributed by atoms with van der Waals surface area (Å²) in [6, 6.07) is 0.113. The Morgan fingerprint density at radius 1 is 1.25 bits per heavy atom. The van der Waals surface area contributed by atoms with Gasteiger partial charge in [0.2, 0.25) is 5.78 Å². The van der Waals surface area contributed by atoms with Crippen LogP contribution in [0.1, 0.15) is 35.7 Å². The van der Waals surface area contributed by atoms with E-state index < -0.39 is 50.9 Å². The zero-order chi connectivity index (χ0) is 18.0.